The molecule has 0 spiro atoms. The van der Waals surface area contributed by atoms with E-state index in [2.05, 4.69) is 29.6 Å². The van der Waals surface area contributed by atoms with E-state index in [9.17, 15) is 0 Å². The van der Waals surface area contributed by atoms with Crippen molar-refractivity contribution in [1.29, 1.82) is 0 Å². The Hall–Kier alpha value is -0.900. The van der Waals surface area contributed by atoms with E-state index in [1.165, 1.54) is 12.0 Å². The van der Waals surface area contributed by atoms with Gasteiger partial charge >= 0.3 is 0 Å². The largest absolute Gasteiger partial charge is 0.370 e. The lowest BCUT2D eigenvalue weighted by Crippen LogP contribution is -2.36. The Morgan fingerprint density at radius 2 is 2.00 bits per heavy atom. The smallest absolute Gasteiger partial charge is 0.0724 e. The minimum atomic E-state index is -0.0198. The van der Waals surface area contributed by atoms with Crippen molar-refractivity contribution in [3.63, 3.8) is 0 Å². The van der Waals surface area contributed by atoms with E-state index in [1.807, 2.05) is 6.07 Å². The van der Waals surface area contributed by atoms with Gasteiger partial charge in [-0.25, -0.2) is 0 Å². The third-order valence-electron chi connectivity index (χ3n) is 3.73. The molecule has 1 saturated heterocycles. The van der Waals surface area contributed by atoms with E-state index < -0.39 is 0 Å². The van der Waals surface area contributed by atoms with Crippen molar-refractivity contribution in [1.82, 2.24) is 5.32 Å². The van der Waals surface area contributed by atoms with Crippen LogP contribution in [0.1, 0.15) is 31.2 Å². The summed E-state index contributed by atoms with van der Waals surface area (Å²) in [7, 11) is 0. The molecule has 100 valence electrons. The fourth-order valence-corrected chi connectivity index (χ4v) is 2.64. The number of benzene rings is 1. The molecule has 1 aromatic carbocycles. The third kappa shape index (κ3) is 3.80. The van der Waals surface area contributed by atoms with E-state index >= 15 is 0 Å². The lowest BCUT2D eigenvalue weighted by atomic mass is 9.90. The van der Waals surface area contributed by atoms with Crippen LogP contribution in [0.15, 0.2) is 30.3 Å². The fraction of sp³-hybridized carbons (Fsp3) is 0.600. The molecule has 18 heavy (non-hydrogen) atoms. The minimum absolute atomic E-state index is 0.0198. The topological polar surface area (TPSA) is 47.3 Å². The monoisotopic (exact) mass is 248 g/mol. The first kappa shape index (κ1) is 13.5. The highest BCUT2D eigenvalue weighted by Gasteiger charge is 2.30. The van der Waals surface area contributed by atoms with Crippen LogP contribution in [0.4, 0.5) is 0 Å². The Morgan fingerprint density at radius 1 is 1.17 bits per heavy atom. The van der Waals surface area contributed by atoms with Crippen LogP contribution in [-0.4, -0.2) is 25.2 Å². The summed E-state index contributed by atoms with van der Waals surface area (Å²) in [4.78, 5) is 0. The standard InChI is InChI=1S/C15H24N2O/c16-10-8-15(7-4-11-17-12-9-15)18-13-14-5-2-1-3-6-14/h1-3,5-6,17H,4,7-13,16H2. The average molecular weight is 248 g/mol. The number of nitrogens with one attached hydrogen (secondary N) is 1. The van der Waals surface area contributed by atoms with Gasteiger partial charge in [-0.1, -0.05) is 30.3 Å². The van der Waals surface area contributed by atoms with E-state index in [0.29, 0.717) is 13.2 Å². The average Bonchev–Trinajstić information content (AvgIpc) is 2.64. The molecule has 0 radical (unpaired) electrons. The summed E-state index contributed by atoms with van der Waals surface area (Å²) < 4.78 is 6.26. The molecule has 1 heterocycles. The van der Waals surface area contributed by atoms with Gasteiger partial charge in [0.25, 0.3) is 0 Å². The Morgan fingerprint density at radius 3 is 2.78 bits per heavy atom. The van der Waals surface area contributed by atoms with Crippen molar-refractivity contribution >= 4 is 0 Å². The second kappa shape index (κ2) is 6.88. The van der Waals surface area contributed by atoms with Gasteiger partial charge in [-0.15, -0.1) is 0 Å². The van der Waals surface area contributed by atoms with Crippen molar-refractivity contribution in [2.45, 2.75) is 37.9 Å². The molecule has 0 saturated carbocycles. The van der Waals surface area contributed by atoms with Crippen molar-refractivity contribution in [3.8, 4) is 0 Å². The first-order valence-corrected chi connectivity index (χ1v) is 6.93. The van der Waals surface area contributed by atoms with Crippen LogP contribution >= 0.6 is 0 Å². The summed E-state index contributed by atoms with van der Waals surface area (Å²) in [5.41, 5.74) is 6.99. The quantitative estimate of drug-likeness (QED) is 0.838. The molecule has 1 unspecified atom stereocenters. The molecular weight excluding hydrogens is 224 g/mol. The van der Waals surface area contributed by atoms with Crippen molar-refractivity contribution in [2.75, 3.05) is 19.6 Å². The highest BCUT2D eigenvalue weighted by atomic mass is 16.5. The summed E-state index contributed by atoms with van der Waals surface area (Å²) >= 11 is 0. The molecule has 1 aliphatic rings. The lowest BCUT2D eigenvalue weighted by Gasteiger charge is -2.32. The first-order valence-electron chi connectivity index (χ1n) is 6.93. The van der Waals surface area contributed by atoms with Gasteiger partial charge in [0.1, 0.15) is 0 Å². The van der Waals surface area contributed by atoms with Crippen LogP contribution < -0.4 is 11.1 Å². The van der Waals surface area contributed by atoms with E-state index in [4.69, 9.17) is 10.5 Å². The molecule has 1 aromatic rings. The molecular formula is C15H24N2O. The number of hydrogen-bond donors (Lipinski definition) is 2. The molecule has 3 N–H and O–H groups in total. The zero-order chi connectivity index (χ0) is 12.7. The maximum Gasteiger partial charge on any atom is 0.0724 e. The number of hydrogen-bond acceptors (Lipinski definition) is 3. The number of rotatable bonds is 5. The molecule has 1 aliphatic heterocycles. The zero-order valence-electron chi connectivity index (χ0n) is 11.0. The molecule has 3 nitrogen and oxygen atoms in total. The highest BCUT2D eigenvalue weighted by Crippen LogP contribution is 2.28. The van der Waals surface area contributed by atoms with E-state index in [0.717, 1.165) is 32.4 Å². The second-order valence-electron chi connectivity index (χ2n) is 5.10. The van der Waals surface area contributed by atoms with Crippen LogP contribution in [0.3, 0.4) is 0 Å². The van der Waals surface area contributed by atoms with Crippen molar-refractivity contribution in [3.05, 3.63) is 35.9 Å². The van der Waals surface area contributed by atoms with Gasteiger partial charge in [-0.3, -0.25) is 0 Å². The normalized spacial score (nSPS) is 24.7. The molecule has 0 aromatic heterocycles. The summed E-state index contributed by atoms with van der Waals surface area (Å²) in [6.45, 7) is 3.53. The predicted molar refractivity (Wildman–Crippen MR) is 74.4 cm³/mol. The molecule has 0 aliphatic carbocycles. The molecule has 0 bridgehead atoms. The van der Waals surface area contributed by atoms with Gasteiger partial charge in [0.15, 0.2) is 0 Å². The first-order chi connectivity index (χ1) is 8.85. The van der Waals surface area contributed by atoms with Crippen molar-refractivity contribution in [2.24, 2.45) is 5.73 Å². The summed E-state index contributed by atoms with van der Waals surface area (Å²) in [5.74, 6) is 0. The zero-order valence-corrected chi connectivity index (χ0v) is 11.0. The van der Waals surface area contributed by atoms with Crippen LogP contribution in [0.2, 0.25) is 0 Å². The summed E-state index contributed by atoms with van der Waals surface area (Å²) in [6.07, 6.45) is 4.32. The van der Waals surface area contributed by atoms with E-state index in [1.54, 1.807) is 0 Å². The van der Waals surface area contributed by atoms with Crippen LogP contribution in [0, 0.1) is 0 Å². The van der Waals surface area contributed by atoms with Gasteiger partial charge in [0, 0.05) is 0 Å². The summed E-state index contributed by atoms with van der Waals surface area (Å²) in [6, 6.07) is 10.4. The van der Waals surface area contributed by atoms with Crippen LogP contribution in [-0.2, 0) is 11.3 Å². The summed E-state index contributed by atoms with van der Waals surface area (Å²) in [5, 5.41) is 3.44. The van der Waals surface area contributed by atoms with Crippen LogP contribution in [0.5, 0.6) is 0 Å². The number of nitrogens with two attached hydrogens (primary N) is 1. The maximum atomic E-state index is 6.26. The van der Waals surface area contributed by atoms with Crippen LogP contribution in [0.25, 0.3) is 0 Å². The molecule has 1 atom stereocenters. The highest BCUT2D eigenvalue weighted by molar-refractivity contribution is 5.13. The third-order valence-corrected chi connectivity index (χ3v) is 3.73. The Kier molecular flexibility index (Phi) is 5.17. The molecule has 0 amide bonds. The SMILES string of the molecule is NCCC1(OCc2ccccc2)CCCNCC1. The van der Waals surface area contributed by atoms with Crippen molar-refractivity contribution < 1.29 is 4.74 Å². The van der Waals surface area contributed by atoms with E-state index in [-0.39, 0.29) is 5.60 Å². The van der Waals surface area contributed by atoms with Gasteiger partial charge in [-0.05, 0) is 50.9 Å². The van der Waals surface area contributed by atoms with Gasteiger partial charge in [0.2, 0.25) is 0 Å². The fourth-order valence-electron chi connectivity index (χ4n) is 2.64. The molecule has 2 rings (SSSR count). The Bertz CT molecular complexity index is 332. The predicted octanol–water partition coefficient (Wildman–Crippen LogP) is 2.06. The number of ether oxygens (including phenoxy) is 1. The maximum absolute atomic E-state index is 6.26. The Balaban J connectivity index is 1.96. The molecule has 3 heteroatoms. The second-order valence-corrected chi connectivity index (χ2v) is 5.10. The lowest BCUT2D eigenvalue weighted by molar-refractivity contribution is -0.0690. The Labute approximate surface area is 110 Å². The minimum Gasteiger partial charge on any atom is -0.370 e. The van der Waals surface area contributed by atoms with Gasteiger partial charge < -0.3 is 15.8 Å². The van der Waals surface area contributed by atoms with Gasteiger partial charge in [0.05, 0.1) is 12.2 Å². The molecule has 1 fully saturated rings. The van der Waals surface area contributed by atoms with Gasteiger partial charge in [-0.2, -0.15) is 0 Å².